The second-order valence-corrected chi connectivity index (χ2v) is 8.91. The fourth-order valence-corrected chi connectivity index (χ4v) is 4.23. The van der Waals surface area contributed by atoms with Crippen LogP contribution in [0.15, 0.2) is 42.9 Å². The number of rotatable bonds is 7. The van der Waals surface area contributed by atoms with E-state index in [0.717, 1.165) is 25.1 Å². The number of hydrogen-bond donors (Lipinski definition) is 3. The Labute approximate surface area is 204 Å². The number of primary amides is 1. The number of anilines is 4. The lowest BCUT2D eigenvalue weighted by Crippen LogP contribution is -2.54. The van der Waals surface area contributed by atoms with E-state index in [9.17, 15) is 9.59 Å². The van der Waals surface area contributed by atoms with Crippen LogP contribution < -0.4 is 26.2 Å². The van der Waals surface area contributed by atoms with E-state index in [1.165, 1.54) is 0 Å². The molecule has 1 fully saturated rings. The third kappa shape index (κ3) is 5.34. The molecule has 0 spiro atoms. The van der Waals surface area contributed by atoms with Gasteiger partial charge in [-0.3, -0.25) is 14.3 Å². The summed E-state index contributed by atoms with van der Waals surface area (Å²) in [4.78, 5) is 37.9. The summed E-state index contributed by atoms with van der Waals surface area (Å²) >= 11 is 0. The number of nitrogens with two attached hydrogens (primary N) is 1. The first kappa shape index (κ1) is 24.0. The van der Waals surface area contributed by atoms with Crippen LogP contribution in [-0.2, 0) is 7.05 Å². The first-order valence-electron chi connectivity index (χ1n) is 11.5. The summed E-state index contributed by atoms with van der Waals surface area (Å²) in [5.41, 5.74) is 7.89. The molecule has 184 valence electrons. The molecule has 0 radical (unpaired) electrons. The third-order valence-corrected chi connectivity index (χ3v) is 6.21. The SMILES string of the molecule is C[C@@H]1[C@H](NC(=O)c2ccc(N(C)C)cc2)CCCN1c1cnc(C(N)=O)c(Nc2cnn(C)c2)n1. The van der Waals surface area contributed by atoms with Gasteiger partial charge in [-0.1, -0.05) is 0 Å². The number of piperidine rings is 1. The highest BCUT2D eigenvalue weighted by Gasteiger charge is 2.31. The molecular weight excluding hydrogens is 446 g/mol. The molecular formula is C24H31N9O2. The molecule has 35 heavy (non-hydrogen) atoms. The fourth-order valence-electron chi connectivity index (χ4n) is 4.23. The molecule has 1 aliphatic rings. The topological polar surface area (TPSA) is 134 Å². The smallest absolute Gasteiger partial charge is 0.271 e. The lowest BCUT2D eigenvalue weighted by atomic mass is 9.97. The lowest BCUT2D eigenvalue weighted by molar-refractivity contribution is 0.0923. The molecule has 11 heteroatoms. The molecule has 0 aliphatic carbocycles. The zero-order valence-electron chi connectivity index (χ0n) is 20.4. The normalized spacial score (nSPS) is 17.7. The monoisotopic (exact) mass is 477 g/mol. The lowest BCUT2D eigenvalue weighted by Gasteiger charge is -2.40. The molecule has 0 unspecified atom stereocenters. The average Bonchev–Trinajstić information content (AvgIpc) is 3.24. The number of carbonyl (C=O) groups is 2. The maximum atomic E-state index is 12.9. The summed E-state index contributed by atoms with van der Waals surface area (Å²) < 4.78 is 1.64. The highest BCUT2D eigenvalue weighted by molar-refractivity contribution is 5.96. The van der Waals surface area contributed by atoms with Gasteiger partial charge in [-0.15, -0.1) is 0 Å². The van der Waals surface area contributed by atoms with Crippen LogP contribution in [0.1, 0.15) is 40.6 Å². The molecule has 2 amide bonds. The number of carbonyl (C=O) groups excluding carboxylic acids is 2. The molecule has 1 aliphatic heterocycles. The van der Waals surface area contributed by atoms with Crippen LogP contribution in [0.3, 0.4) is 0 Å². The Balaban J connectivity index is 1.52. The fraction of sp³-hybridized carbons (Fsp3) is 0.375. The number of amides is 2. The van der Waals surface area contributed by atoms with Gasteiger partial charge in [-0.2, -0.15) is 5.10 Å². The van der Waals surface area contributed by atoms with E-state index < -0.39 is 5.91 Å². The van der Waals surface area contributed by atoms with Crippen molar-refractivity contribution in [3.8, 4) is 0 Å². The van der Waals surface area contributed by atoms with Crippen molar-refractivity contribution in [1.82, 2.24) is 25.1 Å². The Morgan fingerprint density at radius 2 is 1.91 bits per heavy atom. The maximum absolute atomic E-state index is 12.9. The summed E-state index contributed by atoms with van der Waals surface area (Å²) in [6, 6.07) is 7.42. The van der Waals surface area contributed by atoms with Crippen molar-refractivity contribution in [2.75, 3.05) is 35.8 Å². The highest BCUT2D eigenvalue weighted by Crippen LogP contribution is 2.26. The van der Waals surface area contributed by atoms with Gasteiger partial charge in [-0.25, -0.2) is 9.97 Å². The van der Waals surface area contributed by atoms with Gasteiger partial charge < -0.3 is 26.2 Å². The largest absolute Gasteiger partial charge is 0.378 e. The van der Waals surface area contributed by atoms with Gasteiger partial charge in [0.25, 0.3) is 11.8 Å². The number of aromatic nitrogens is 4. The van der Waals surface area contributed by atoms with E-state index in [-0.39, 0.29) is 29.5 Å². The third-order valence-electron chi connectivity index (χ3n) is 6.21. The molecule has 4 rings (SSSR count). The van der Waals surface area contributed by atoms with Crippen LogP contribution in [0, 0.1) is 0 Å². The average molecular weight is 478 g/mol. The number of aryl methyl sites for hydroxylation is 1. The summed E-state index contributed by atoms with van der Waals surface area (Å²) in [5.74, 6) is 0.0844. The standard InChI is InChI=1S/C24H31N9O2/c1-15-19(29-24(35)16-7-9-18(10-8-16)31(2)3)6-5-11-33(15)20-13-26-21(22(25)34)23(30-20)28-17-12-27-32(4)14-17/h7-10,12-15,19H,5-6,11H2,1-4H3,(H2,25,34)(H,28,30)(H,29,35)/t15-,19-/m1/s1. The van der Waals surface area contributed by atoms with Crippen molar-refractivity contribution < 1.29 is 9.59 Å². The minimum Gasteiger partial charge on any atom is -0.378 e. The van der Waals surface area contributed by atoms with E-state index in [0.29, 0.717) is 17.1 Å². The maximum Gasteiger partial charge on any atom is 0.271 e. The van der Waals surface area contributed by atoms with E-state index in [2.05, 4.69) is 37.5 Å². The predicted molar refractivity (Wildman–Crippen MR) is 135 cm³/mol. The van der Waals surface area contributed by atoms with Crippen LogP contribution in [0.25, 0.3) is 0 Å². The summed E-state index contributed by atoms with van der Waals surface area (Å²) in [6.45, 7) is 2.80. The minimum absolute atomic E-state index is 0.0336. The summed E-state index contributed by atoms with van der Waals surface area (Å²) in [5, 5.41) is 10.4. The Hall–Kier alpha value is -4.15. The second-order valence-electron chi connectivity index (χ2n) is 8.91. The van der Waals surface area contributed by atoms with Crippen molar-refractivity contribution in [1.29, 1.82) is 0 Å². The van der Waals surface area contributed by atoms with E-state index in [1.807, 2.05) is 43.3 Å². The van der Waals surface area contributed by atoms with Crippen molar-refractivity contribution in [3.63, 3.8) is 0 Å². The number of benzene rings is 1. The highest BCUT2D eigenvalue weighted by atomic mass is 16.2. The van der Waals surface area contributed by atoms with Crippen LogP contribution in [-0.4, -0.2) is 64.3 Å². The van der Waals surface area contributed by atoms with Crippen LogP contribution in [0.2, 0.25) is 0 Å². The first-order valence-corrected chi connectivity index (χ1v) is 11.5. The zero-order valence-corrected chi connectivity index (χ0v) is 20.4. The van der Waals surface area contributed by atoms with E-state index >= 15 is 0 Å². The Kier molecular flexibility index (Phi) is 6.85. The van der Waals surface area contributed by atoms with Crippen LogP contribution in [0.5, 0.6) is 0 Å². The molecule has 1 aromatic carbocycles. The Morgan fingerprint density at radius 3 is 2.54 bits per heavy atom. The Bertz CT molecular complexity index is 1210. The molecule has 11 nitrogen and oxygen atoms in total. The van der Waals surface area contributed by atoms with Crippen LogP contribution in [0.4, 0.5) is 23.0 Å². The van der Waals surface area contributed by atoms with Crippen molar-refractivity contribution in [2.45, 2.75) is 31.8 Å². The van der Waals surface area contributed by atoms with Gasteiger partial charge in [0.15, 0.2) is 11.5 Å². The Morgan fingerprint density at radius 1 is 1.17 bits per heavy atom. The van der Waals surface area contributed by atoms with Gasteiger partial charge >= 0.3 is 0 Å². The predicted octanol–water partition coefficient (Wildman–Crippen LogP) is 1.91. The van der Waals surface area contributed by atoms with Crippen molar-refractivity contribution in [2.24, 2.45) is 12.8 Å². The number of hydrogen-bond acceptors (Lipinski definition) is 8. The zero-order chi connectivity index (χ0) is 25.1. The summed E-state index contributed by atoms with van der Waals surface area (Å²) in [7, 11) is 5.72. The molecule has 3 aromatic rings. The van der Waals surface area contributed by atoms with Gasteiger partial charge in [0.1, 0.15) is 5.82 Å². The molecule has 4 N–H and O–H groups in total. The molecule has 2 atom stereocenters. The molecule has 0 saturated carbocycles. The van der Waals surface area contributed by atoms with Crippen LogP contribution >= 0.6 is 0 Å². The van der Waals surface area contributed by atoms with Gasteiger partial charge in [-0.05, 0) is 44.0 Å². The van der Waals surface area contributed by atoms with Gasteiger partial charge in [0.2, 0.25) is 0 Å². The molecule has 0 bridgehead atoms. The van der Waals surface area contributed by atoms with Crippen molar-refractivity contribution in [3.05, 3.63) is 54.1 Å². The van der Waals surface area contributed by atoms with E-state index in [1.54, 1.807) is 30.3 Å². The first-order chi connectivity index (χ1) is 16.7. The van der Waals surface area contributed by atoms with Crippen molar-refractivity contribution >= 4 is 34.8 Å². The number of nitrogens with zero attached hydrogens (tertiary/aromatic N) is 6. The minimum atomic E-state index is -0.674. The van der Waals surface area contributed by atoms with Gasteiger partial charge in [0, 0.05) is 57.2 Å². The van der Waals surface area contributed by atoms with E-state index in [4.69, 9.17) is 5.73 Å². The number of nitrogens with one attached hydrogen (secondary N) is 2. The summed E-state index contributed by atoms with van der Waals surface area (Å²) in [6.07, 6.45) is 6.67. The van der Waals surface area contributed by atoms with Gasteiger partial charge in [0.05, 0.1) is 18.1 Å². The molecule has 3 heterocycles. The quantitative estimate of drug-likeness (QED) is 0.470. The second kappa shape index (κ2) is 10.00. The molecule has 2 aromatic heterocycles. The molecule has 1 saturated heterocycles.